The predicted octanol–water partition coefficient (Wildman–Crippen LogP) is -0.701. The normalized spacial score (nSPS) is 31.8. The van der Waals surface area contributed by atoms with Crippen molar-refractivity contribution in [3.63, 3.8) is 0 Å². The molecule has 0 aromatic rings. The maximum Gasteiger partial charge on any atom is 0.267 e. The Kier molecular flexibility index (Phi) is 2.72. The summed E-state index contributed by atoms with van der Waals surface area (Å²) in [6.07, 6.45) is 1.01. The van der Waals surface area contributed by atoms with E-state index in [2.05, 4.69) is 5.32 Å². The molecule has 1 aliphatic heterocycles. The third kappa shape index (κ3) is 3.06. The van der Waals surface area contributed by atoms with Crippen LogP contribution in [0.2, 0.25) is 0 Å². The Morgan fingerprint density at radius 2 is 2.25 bits per heavy atom. The van der Waals surface area contributed by atoms with E-state index in [1.807, 2.05) is 0 Å². The highest BCUT2D eigenvalue weighted by Crippen LogP contribution is 2.16. The fourth-order valence-electron chi connectivity index (χ4n) is 1.08. The van der Waals surface area contributed by atoms with Gasteiger partial charge in [-0.1, -0.05) is 0 Å². The molecule has 1 N–H and O–H groups in total. The highest BCUT2D eigenvalue weighted by molar-refractivity contribution is 7.86. The summed E-state index contributed by atoms with van der Waals surface area (Å²) in [5.41, 5.74) is 0. The molecule has 1 fully saturated rings. The molecular formula is C6H13NO4S. The van der Waals surface area contributed by atoms with Crippen molar-refractivity contribution in [3.8, 4) is 0 Å². The summed E-state index contributed by atoms with van der Waals surface area (Å²) < 4.78 is 31.5. The summed E-state index contributed by atoms with van der Waals surface area (Å²) in [5, 5.41) is 2.98. The van der Waals surface area contributed by atoms with Crippen molar-refractivity contribution in [3.05, 3.63) is 0 Å². The van der Waals surface area contributed by atoms with Crippen LogP contribution >= 0.6 is 0 Å². The summed E-state index contributed by atoms with van der Waals surface area (Å²) in [4.78, 5) is 0. The van der Waals surface area contributed by atoms with Crippen molar-refractivity contribution in [2.45, 2.75) is 12.7 Å². The van der Waals surface area contributed by atoms with Crippen molar-refractivity contribution < 1.29 is 17.3 Å². The van der Waals surface area contributed by atoms with Gasteiger partial charge in [-0.25, -0.2) is 4.18 Å². The van der Waals surface area contributed by atoms with Crippen molar-refractivity contribution in [1.82, 2.24) is 5.32 Å². The number of nitrogens with one attached hydrogen (secondary N) is 1. The fourth-order valence-corrected chi connectivity index (χ4v) is 1.83. The molecule has 1 heterocycles. The molecule has 12 heavy (non-hydrogen) atoms. The minimum absolute atomic E-state index is 0.389. The van der Waals surface area contributed by atoms with Crippen LogP contribution in [-0.4, -0.2) is 40.2 Å². The van der Waals surface area contributed by atoms with Gasteiger partial charge in [0.05, 0.1) is 19.4 Å². The lowest BCUT2D eigenvalue weighted by atomic mass is 10.3. The predicted molar refractivity (Wildman–Crippen MR) is 43.2 cm³/mol. The van der Waals surface area contributed by atoms with Gasteiger partial charge in [-0.05, 0) is 6.92 Å². The van der Waals surface area contributed by atoms with E-state index in [9.17, 15) is 8.42 Å². The van der Waals surface area contributed by atoms with Gasteiger partial charge in [0.1, 0.15) is 0 Å². The maximum atomic E-state index is 10.8. The van der Waals surface area contributed by atoms with Crippen molar-refractivity contribution in [2.24, 2.45) is 0 Å². The van der Waals surface area contributed by atoms with Gasteiger partial charge in [-0.15, -0.1) is 0 Å². The van der Waals surface area contributed by atoms with Gasteiger partial charge in [0.2, 0.25) is 0 Å². The van der Waals surface area contributed by atoms with Crippen LogP contribution < -0.4 is 5.32 Å². The molecule has 1 atom stereocenters. The van der Waals surface area contributed by atoms with E-state index < -0.39 is 15.9 Å². The highest BCUT2D eigenvalue weighted by atomic mass is 32.2. The third-order valence-corrected chi connectivity index (χ3v) is 2.12. The SMILES string of the molecule is C[C@]1(OS(C)(=O)=O)CNCCO1. The van der Waals surface area contributed by atoms with Gasteiger partial charge in [0, 0.05) is 6.54 Å². The summed E-state index contributed by atoms with van der Waals surface area (Å²) in [7, 11) is -3.45. The van der Waals surface area contributed by atoms with Crippen LogP contribution in [0, 0.1) is 0 Å². The molecule has 0 aliphatic carbocycles. The zero-order chi connectivity index (χ0) is 9.24. The minimum atomic E-state index is -3.45. The highest BCUT2D eigenvalue weighted by Gasteiger charge is 2.32. The molecule has 0 aromatic heterocycles. The zero-order valence-electron chi connectivity index (χ0n) is 7.16. The molecular weight excluding hydrogens is 182 g/mol. The van der Waals surface area contributed by atoms with Crippen LogP contribution in [0.15, 0.2) is 0 Å². The van der Waals surface area contributed by atoms with E-state index in [1.54, 1.807) is 6.92 Å². The van der Waals surface area contributed by atoms with Gasteiger partial charge in [0.15, 0.2) is 5.79 Å². The number of hydrogen-bond donors (Lipinski definition) is 1. The third-order valence-electron chi connectivity index (χ3n) is 1.46. The van der Waals surface area contributed by atoms with Crippen molar-refractivity contribution >= 4 is 10.1 Å². The Morgan fingerprint density at radius 3 is 2.67 bits per heavy atom. The Bertz CT molecular complexity index is 242. The van der Waals surface area contributed by atoms with Gasteiger partial charge in [0.25, 0.3) is 10.1 Å². The average Bonchev–Trinajstić information content (AvgIpc) is 1.83. The van der Waals surface area contributed by atoms with Crippen LogP contribution in [0.1, 0.15) is 6.92 Å². The lowest BCUT2D eigenvalue weighted by molar-refractivity contribution is -0.178. The lowest BCUT2D eigenvalue weighted by Crippen LogP contribution is -2.50. The van der Waals surface area contributed by atoms with E-state index in [0.717, 1.165) is 12.8 Å². The molecule has 5 nitrogen and oxygen atoms in total. The largest absolute Gasteiger partial charge is 0.346 e. The van der Waals surface area contributed by atoms with Crippen LogP contribution in [-0.2, 0) is 19.0 Å². The lowest BCUT2D eigenvalue weighted by Gasteiger charge is -2.32. The van der Waals surface area contributed by atoms with Gasteiger partial charge >= 0.3 is 0 Å². The molecule has 1 saturated heterocycles. The summed E-state index contributed by atoms with van der Waals surface area (Å²) in [5.74, 6) is -1.04. The molecule has 0 radical (unpaired) electrons. The number of morpholine rings is 1. The molecule has 0 spiro atoms. The quantitative estimate of drug-likeness (QED) is 0.590. The summed E-state index contributed by atoms with van der Waals surface area (Å²) in [6.45, 7) is 3.18. The van der Waals surface area contributed by atoms with Crippen molar-refractivity contribution in [2.75, 3.05) is 26.0 Å². The van der Waals surface area contributed by atoms with Crippen LogP contribution in [0.5, 0.6) is 0 Å². The molecule has 1 aliphatic rings. The van der Waals surface area contributed by atoms with E-state index >= 15 is 0 Å². The minimum Gasteiger partial charge on any atom is -0.346 e. The topological polar surface area (TPSA) is 64.6 Å². The Morgan fingerprint density at radius 1 is 1.58 bits per heavy atom. The first kappa shape index (κ1) is 9.91. The van der Waals surface area contributed by atoms with Gasteiger partial charge < -0.3 is 10.1 Å². The maximum absolute atomic E-state index is 10.8. The van der Waals surface area contributed by atoms with Gasteiger partial charge in [-0.2, -0.15) is 8.42 Å². The second-order valence-corrected chi connectivity index (χ2v) is 4.52. The van der Waals surface area contributed by atoms with E-state index in [-0.39, 0.29) is 0 Å². The Balaban J connectivity index is 2.59. The smallest absolute Gasteiger partial charge is 0.267 e. The molecule has 1 rings (SSSR count). The van der Waals surface area contributed by atoms with Crippen LogP contribution in [0.25, 0.3) is 0 Å². The molecule has 0 aromatic carbocycles. The molecule has 6 heteroatoms. The van der Waals surface area contributed by atoms with E-state index in [1.165, 1.54) is 0 Å². The Hall–Kier alpha value is -0.170. The molecule has 0 bridgehead atoms. The van der Waals surface area contributed by atoms with Crippen LogP contribution in [0.3, 0.4) is 0 Å². The molecule has 0 amide bonds. The van der Waals surface area contributed by atoms with Gasteiger partial charge in [-0.3, -0.25) is 0 Å². The van der Waals surface area contributed by atoms with Crippen LogP contribution in [0.4, 0.5) is 0 Å². The van der Waals surface area contributed by atoms with Crippen molar-refractivity contribution in [1.29, 1.82) is 0 Å². The number of hydrogen-bond acceptors (Lipinski definition) is 5. The standard InChI is InChI=1S/C6H13NO4S/c1-6(11-12(2,8)9)5-7-3-4-10-6/h7H,3-5H2,1-2H3/t6-/m0/s1. The molecule has 0 saturated carbocycles. The number of ether oxygens (including phenoxy) is 1. The fraction of sp³-hybridized carbons (Fsp3) is 1.00. The van der Waals surface area contributed by atoms with E-state index in [4.69, 9.17) is 8.92 Å². The first-order valence-corrected chi connectivity index (χ1v) is 5.48. The second-order valence-electron chi connectivity index (χ2n) is 2.95. The number of rotatable bonds is 2. The second kappa shape index (κ2) is 3.29. The van der Waals surface area contributed by atoms with E-state index in [0.29, 0.717) is 13.2 Å². The summed E-state index contributed by atoms with van der Waals surface area (Å²) in [6, 6.07) is 0. The Labute approximate surface area is 72.2 Å². The molecule has 72 valence electrons. The first-order chi connectivity index (χ1) is 5.41. The zero-order valence-corrected chi connectivity index (χ0v) is 7.98. The molecule has 0 unspecified atom stereocenters. The monoisotopic (exact) mass is 195 g/mol. The summed E-state index contributed by atoms with van der Waals surface area (Å²) >= 11 is 0. The first-order valence-electron chi connectivity index (χ1n) is 3.67. The average molecular weight is 195 g/mol.